The predicted molar refractivity (Wildman–Crippen MR) is 89.3 cm³/mol. The van der Waals surface area contributed by atoms with Gasteiger partial charge in [-0.15, -0.1) is 11.3 Å². The van der Waals surface area contributed by atoms with E-state index in [2.05, 4.69) is 0 Å². The number of rotatable bonds is 5. The normalized spacial score (nSPS) is 27.6. The number of aliphatic carboxylic acids is 1. The molecule has 23 heavy (non-hydrogen) atoms. The number of carboxylic acid groups (broad SMARTS) is 1. The lowest BCUT2D eigenvalue weighted by atomic mass is 9.85. The van der Waals surface area contributed by atoms with Gasteiger partial charge in [0.05, 0.1) is 13.1 Å². The molecule has 1 N–H and O–H groups in total. The Kier molecular flexibility index (Phi) is 5.02. The van der Waals surface area contributed by atoms with Crippen LogP contribution in [0.1, 0.15) is 37.0 Å². The Morgan fingerprint density at radius 2 is 2.17 bits per heavy atom. The maximum absolute atomic E-state index is 12.6. The lowest BCUT2D eigenvalue weighted by molar-refractivity contribution is -0.144. The van der Waals surface area contributed by atoms with Gasteiger partial charge in [0.15, 0.2) is 0 Å². The summed E-state index contributed by atoms with van der Waals surface area (Å²) in [6.07, 6.45) is 5.15. The molecule has 5 nitrogen and oxygen atoms in total. The molecule has 2 fully saturated rings. The van der Waals surface area contributed by atoms with Gasteiger partial charge in [-0.25, -0.2) is 0 Å². The summed E-state index contributed by atoms with van der Waals surface area (Å²) in [5.74, 6) is -0.329. The quantitative estimate of drug-likeness (QED) is 0.897. The summed E-state index contributed by atoms with van der Waals surface area (Å²) in [6, 6.07) is 3.76. The minimum Gasteiger partial charge on any atom is -0.480 e. The van der Waals surface area contributed by atoms with Crippen molar-refractivity contribution in [3.8, 4) is 0 Å². The number of carbonyl (C=O) groups excluding carboxylic acids is 1. The number of nitrogens with zero attached hydrogens (tertiary/aromatic N) is 2. The van der Waals surface area contributed by atoms with Gasteiger partial charge in [-0.2, -0.15) is 0 Å². The molecule has 0 aromatic carbocycles. The highest BCUT2D eigenvalue weighted by atomic mass is 32.1. The van der Waals surface area contributed by atoms with Gasteiger partial charge in [-0.3, -0.25) is 14.5 Å². The Labute approximate surface area is 140 Å². The fourth-order valence-electron chi connectivity index (χ4n) is 4.02. The lowest BCUT2D eigenvalue weighted by Gasteiger charge is -2.33. The van der Waals surface area contributed by atoms with Crippen molar-refractivity contribution in [2.75, 3.05) is 13.6 Å². The van der Waals surface area contributed by atoms with E-state index in [1.807, 2.05) is 22.4 Å². The highest BCUT2D eigenvalue weighted by Gasteiger charge is 2.45. The van der Waals surface area contributed by atoms with Crippen LogP contribution in [0.25, 0.3) is 0 Å². The smallest absolute Gasteiger partial charge is 0.320 e. The van der Waals surface area contributed by atoms with Crippen molar-refractivity contribution < 1.29 is 14.7 Å². The number of amides is 1. The summed E-state index contributed by atoms with van der Waals surface area (Å²) in [7, 11) is 1.80. The van der Waals surface area contributed by atoms with E-state index < -0.39 is 12.0 Å². The molecule has 0 bridgehead atoms. The van der Waals surface area contributed by atoms with Crippen molar-refractivity contribution >= 4 is 23.2 Å². The van der Waals surface area contributed by atoms with Crippen LogP contribution >= 0.6 is 11.3 Å². The number of carbonyl (C=O) groups is 2. The van der Waals surface area contributed by atoms with Crippen LogP contribution < -0.4 is 0 Å². The summed E-state index contributed by atoms with van der Waals surface area (Å²) in [4.78, 5) is 29.0. The third kappa shape index (κ3) is 3.58. The Hall–Kier alpha value is -1.40. The Balaban J connectivity index is 1.66. The second kappa shape index (κ2) is 7.01. The van der Waals surface area contributed by atoms with Crippen molar-refractivity contribution in [1.29, 1.82) is 0 Å². The van der Waals surface area contributed by atoms with E-state index in [9.17, 15) is 14.7 Å². The number of likely N-dealkylation sites (tertiary alicyclic amines) is 1. The number of likely N-dealkylation sites (N-methyl/N-ethyl adjacent to an activating group) is 1. The van der Waals surface area contributed by atoms with E-state index in [0.717, 1.165) is 24.1 Å². The van der Waals surface area contributed by atoms with Crippen LogP contribution in [0.5, 0.6) is 0 Å². The van der Waals surface area contributed by atoms with Gasteiger partial charge in [0.1, 0.15) is 6.04 Å². The zero-order valence-electron chi connectivity index (χ0n) is 13.5. The standard InChI is InChI=1S/C17H24N2O3S/c1-18(10-13-6-4-8-23-13)16(20)11-19-14-7-3-2-5-12(14)9-15(19)17(21)22/h4,6,8,12,14-15H,2-3,5,7,9-11H2,1H3,(H,21,22)/t12-,14+,15+/m1/s1. The third-order valence-corrected chi connectivity index (χ3v) is 6.08. The number of hydrogen-bond acceptors (Lipinski definition) is 4. The van der Waals surface area contributed by atoms with Crippen LogP contribution in [0.3, 0.4) is 0 Å². The first-order valence-corrected chi connectivity index (χ1v) is 9.19. The lowest BCUT2D eigenvalue weighted by Crippen LogP contribution is -2.47. The first-order valence-electron chi connectivity index (χ1n) is 8.31. The molecule has 3 atom stereocenters. The molecule has 1 saturated heterocycles. The molecule has 0 spiro atoms. The number of fused-ring (bicyclic) bond motifs is 1. The van der Waals surface area contributed by atoms with E-state index >= 15 is 0 Å². The van der Waals surface area contributed by atoms with Gasteiger partial charge in [-0.1, -0.05) is 18.9 Å². The predicted octanol–water partition coefficient (Wildman–Crippen LogP) is 2.42. The summed E-state index contributed by atoms with van der Waals surface area (Å²) in [6.45, 7) is 0.816. The second-order valence-corrected chi connectivity index (χ2v) is 7.74. The van der Waals surface area contributed by atoms with Gasteiger partial charge in [0.2, 0.25) is 5.91 Å². The van der Waals surface area contributed by atoms with E-state index in [0.29, 0.717) is 18.9 Å². The monoisotopic (exact) mass is 336 g/mol. The average molecular weight is 336 g/mol. The van der Waals surface area contributed by atoms with Gasteiger partial charge in [-0.05, 0) is 36.6 Å². The maximum Gasteiger partial charge on any atom is 0.320 e. The van der Waals surface area contributed by atoms with Gasteiger partial charge < -0.3 is 10.0 Å². The van der Waals surface area contributed by atoms with Gasteiger partial charge in [0, 0.05) is 18.0 Å². The third-order valence-electron chi connectivity index (χ3n) is 5.22. The molecular weight excluding hydrogens is 312 g/mol. The van der Waals surface area contributed by atoms with Crippen LogP contribution in [0.4, 0.5) is 0 Å². The SMILES string of the molecule is CN(Cc1cccs1)C(=O)CN1[C@H](C(=O)O)C[C@H]2CCCC[C@@H]21. The molecule has 1 aliphatic heterocycles. The molecule has 2 heterocycles. The average Bonchev–Trinajstić information content (AvgIpc) is 3.15. The Morgan fingerprint density at radius 3 is 2.87 bits per heavy atom. The van der Waals surface area contributed by atoms with E-state index in [1.165, 1.54) is 6.42 Å². The summed E-state index contributed by atoms with van der Waals surface area (Å²) in [5.41, 5.74) is 0. The second-order valence-electron chi connectivity index (χ2n) is 6.70. The molecule has 6 heteroatoms. The molecule has 1 aromatic heterocycles. The molecule has 2 aliphatic rings. The summed E-state index contributed by atoms with van der Waals surface area (Å²) >= 11 is 1.63. The fraction of sp³-hybridized carbons (Fsp3) is 0.647. The molecule has 1 saturated carbocycles. The van der Waals surface area contributed by atoms with Gasteiger partial charge >= 0.3 is 5.97 Å². The van der Waals surface area contributed by atoms with Crippen LogP contribution in [-0.2, 0) is 16.1 Å². The van der Waals surface area contributed by atoms with Crippen LogP contribution in [0.15, 0.2) is 17.5 Å². The number of hydrogen-bond donors (Lipinski definition) is 1. The minimum atomic E-state index is -0.784. The molecule has 126 valence electrons. The highest BCUT2D eigenvalue weighted by molar-refractivity contribution is 7.09. The minimum absolute atomic E-state index is 0.0101. The zero-order valence-corrected chi connectivity index (χ0v) is 14.3. The molecule has 0 radical (unpaired) electrons. The summed E-state index contributed by atoms with van der Waals surface area (Å²) < 4.78 is 0. The van der Waals surface area contributed by atoms with E-state index in [1.54, 1.807) is 23.3 Å². The molecule has 1 aromatic rings. The highest BCUT2D eigenvalue weighted by Crippen LogP contribution is 2.39. The first kappa shape index (κ1) is 16.5. The topological polar surface area (TPSA) is 60.9 Å². The fourth-order valence-corrected chi connectivity index (χ4v) is 4.78. The number of carboxylic acids is 1. The summed E-state index contributed by atoms with van der Waals surface area (Å²) in [5, 5.41) is 11.5. The molecule has 3 rings (SSSR count). The van der Waals surface area contributed by atoms with E-state index in [4.69, 9.17) is 0 Å². The largest absolute Gasteiger partial charge is 0.480 e. The Morgan fingerprint density at radius 1 is 1.39 bits per heavy atom. The van der Waals surface area contributed by atoms with E-state index in [-0.39, 0.29) is 18.5 Å². The number of thiophene rings is 1. The van der Waals surface area contributed by atoms with Crippen molar-refractivity contribution in [3.63, 3.8) is 0 Å². The zero-order chi connectivity index (χ0) is 16.4. The maximum atomic E-state index is 12.6. The Bertz CT molecular complexity index is 560. The van der Waals surface area contributed by atoms with Crippen LogP contribution in [-0.4, -0.2) is 52.5 Å². The molecular formula is C17H24N2O3S. The van der Waals surface area contributed by atoms with Crippen molar-refractivity contribution in [1.82, 2.24) is 9.80 Å². The van der Waals surface area contributed by atoms with Crippen molar-refractivity contribution in [3.05, 3.63) is 22.4 Å². The molecule has 0 unspecified atom stereocenters. The van der Waals surface area contributed by atoms with Crippen molar-refractivity contribution in [2.24, 2.45) is 5.92 Å². The molecule has 1 amide bonds. The van der Waals surface area contributed by atoms with Crippen LogP contribution in [0, 0.1) is 5.92 Å². The first-order chi connectivity index (χ1) is 11.1. The van der Waals surface area contributed by atoms with Gasteiger partial charge in [0.25, 0.3) is 0 Å². The van der Waals surface area contributed by atoms with Crippen LogP contribution in [0.2, 0.25) is 0 Å². The molecule has 1 aliphatic carbocycles. The van der Waals surface area contributed by atoms with Crippen molar-refractivity contribution in [2.45, 2.75) is 50.7 Å².